The lowest BCUT2D eigenvalue weighted by Gasteiger charge is -2.30. The van der Waals surface area contributed by atoms with Crippen LogP contribution in [0.3, 0.4) is 0 Å². The van der Waals surface area contributed by atoms with Gasteiger partial charge in [0, 0.05) is 22.9 Å². The molecule has 0 amide bonds. The van der Waals surface area contributed by atoms with E-state index in [1.165, 1.54) is 10.4 Å². The molecule has 0 saturated carbocycles. The third-order valence-corrected chi connectivity index (χ3v) is 5.68. The van der Waals surface area contributed by atoms with Crippen LogP contribution in [0, 0.1) is 0 Å². The van der Waals surface area contributed by atoms with Gasteiger partial charge in [-0.15, -0.1) is 23.7 Å². The number of hydrogen-bond acceptors (Lipinski definition) is 5. The highest BCUT2D eigenvalue weighted by molar-refractivity contribution is 7.10. The fourth-order valence-corrected chi connectivity index (χ4v) is 4.34. The number of methoxy groups -OCH3 is 2. The third-order valence-electron chi connectivity index (χ3n) is 4.65. The van der Waals surface area contributed by atoms with Crippen molar-refractivity contribution in [1.82, 2.24) is 5.32 Å². The fraction of sp³-hybridized carbons (Fsp3) is 0.474. The molecule has 3 rings (SSSR count). The van der Waals surface area contributed by atoms with Gasteiger partial charge in [0.05, 0.1) is 20.8 Å². The highest BCUT2D eigenvalue weighted by atomic mass is 35.5. The molecular weight excluding hydrogens is 358 g/mol. The van der Waals surface area contributed by atoms with Crippen molar-refractivity contribution in [2.75, 3.05) is 34.4 Å². The minimum atomic E-state index is 0. The second-order valence-corrected chi connectivity index (χ2v) is 7.04. The smallest absolute Gasteiger partial charge is 0.203 e. The van der Waals surface area contributed by atoms with Gasteiger partial charge < -0.3 is 19.5 Å². The largest absolute Gasteiger partial charge is 0.493 e. The molecule has 2 atom stereocenters. The third kappa shape index (κ3) is 4.22. The number of halogens is 1. The van der Waals surface area contributed by atoms with Crippen LogP contribution in [0.15, 0.2) is 29.6 Å². The van der Waals surface area contributed by atoms with E-state index in [-0.39, 0.29) is 12.4 Å². The molecule has 25 heavy (non-hydrogen) atoms. The van der Waals surface area contributed by atoms with Crippen molar-refractivity contribution in [3.05, 3.63) is 40.1 Å². The SMILES string of the molecule is CNCC(CC1CCOc2c1ccc(OC)c2OC)c1cccs1.Cl. The van der Waals surface area contributed by atoms with Crippen molar-refractivity contribution < 1.29 is 14.2 Å². The number of benzene rings is 1. The van der Waals surface area contributed by atoms with E-state index in [1.807, 2.05) is 24.5 Å². The monoisotopic (exact) mass is 383 g/mol. The van der Waals surface area contributed by atoms with Crippen LogP contribution in [0.5, 0.6) is 17.2 Å². The zero-order valence-electron chi connectivity index (χ0n) is 14.9. The Bertz CT molecular complexity index is 663. The summed E-state index contributed by atoms with van der Waals surface area (Å²) >= 11 is 1.84. The summed E-state index contributed by atoms with van der Waals surface area (Å²) < 4.78 is 16.9. The van der Waals surface area contributed by atoms with Gasteiger partial charge in [-0.2, -0.15) is 0 Å². The van der Waals surface area contributed by atoms with Crippen molar-refractivity contribution >= 4 is 23.7 Å². The molecule has 2 unspecified atom stereocenters. The summed E-state index contributed by atoms with van der Waals surface area (Å²) in [5.74, 6) is 3.26. The maximum absolute atomic E-state index is 5.93. The molecule has 1 aromatic carbocycles. The van der Waals surface area contributed by atoms with Crippen LogP contribution >= 0.6 is 23.7 Å². The van der Waals surface area contributed by atoms with E-state index in [2.05, 4.69) is 28.9 Å². The van der Waals surface area contributed by atoms with Crippen molar-refractivity contribution in [2.24, 2.45) is 0 Å². The Morgan fingerprint density at radius 2 is 2.12 bits per heavy atom. The summed E-state index contributed by atoms with van der Waals surface area (Å²) in [5, 5.41) is 5.50. The predicted octanol–water partition coefficient (Wildman–Crippen LogP) is 4.45. The quantitative estimate of drug-likeness (QED) is 0.766. The fourth-order valence-electron chi connectivity index (χ4n) is 3.50. The van der Waals surface area contributed by atoms with Crippen LogP contribution in [0.25, 0.3) is 0 Å². The number of likely N-dealkylation sites (N-methyl/N-ethyl adjacent to an activating group) is 1. The molecule has 2 heterocycles. The first kappa shape index (κ1) is 19.9. The van der Waals surface area contributed by atoms with Crippen molar-refractivity contribution in [3.8, 4) is 17.2 Å². The van der Waals surface area contributed by atoms with Crippen molar-refractivity contribution in [2.45, 2.75) is 24.7 Å². The minimum absolute atomic E-state index is 0. The number of nitrogens with one attached hydrogen (secondary N) is 1. The second kappa shape index (κ2) is 9.32. The summed E-state index contributed by atoms with van der Waals surface area (Å²) in [6, 6.07) is 8.49. The van der Waals surface area contributed by atoms with Gasteiger partial charge in [-0.25, -0.2) is 0 Å². The summed E-state index contributed by atoms with van der Waals surface area (Å²) in [5.41, 5.74) is 1.23. The molecule has 1 aliphatic rings. The van der Waals surface area contributed by atoms with Crippen molar-refractivity contribution in [3.63, 3.8) is 0 Å². The Labute approximate surface area is 159 Å². The first-order chi connectivity index (χ1) is 11.8. The van der Waals surface area contributed by atoms with Crippen LogP contribution in [0.2, 0.25) is 0 Å². The van der Waals surface area contributed by atoms with Crippen molar-refractivity contribution in [1.29, 1.82) is 0 Å². The van der Waals surface area contributed by atoms with E-state index in [0.717, 1.165) is 37.5 Å². The highest BCUT2D eigenvalue weighted by Gasteiger charge is 2.29. The number of thiophene rings is 1. The zero-order chi connectivity index (χ0) is 16.9. The van der Waals surface area contributed by atoms with Crippen LogP contribution in [0.1, 0.15) is 35.1 Å². The molecule has 0 radical (unpaired) electrons. The molecule has 1 aliphatic heterocycles. The average Bonchev–Trinajstić information content (AvgIpc) is 3.15. The van der Waals surface area contributed by atoms with E-state index >= 15 is 0 Å². The zero-order valence-corrected chi connectivity index (χ0v) is 16.5. The summed E-state index contributed by atoms with van der Waals surface area (Å²) in [7, 11) is 5.34. The van der Waals surface area contributed by atoms with E-state index in [0.29, 0.717) is 17.6 Å². The minimum Gasteiger partial charge on any atom is -0.493 e. The van der Waals surface area contributed by atoms with E-state index in [1.54, 1.807) is 14.2 Å². The number of ether oxygens (including phenoxy) is 3. The lowest BCUT2D eigenvalue weighted by molar-refractivity contribution is 0.239. The number of fused-ring (bicyclic) bond motifs is 1. The summed E-state index contributed by atoms with van der Waals surface area (Å²) in [6.07, 6.45) is 2.14. The van der Waals surface area contributed by atoms with Crippen LogP contribution in [0.4, 0.5) is 0 Å². The molecule has 2 aromatic rings. The maximum atomic E-state index is 5.93. The first-order valence-electron chi connectivity index (χ1n) is 8.34. The molecule has 6 heteroatoms. The first-order valence-corrected chi connectivity index (χ1v) is 9.22. The Morgan fingerprint density at radius 1 is 1.28 bits per heavy atom. The van der Waals surface area contributed by atoms with Gasteiger partial charge in [0.2, 0.25) is 5.75 Å². The van der Waals surface area contributed by atoms with Crippen LogP contribution in [-0.4, -0.2) is 34.4 Å². The lowest BCUT2D eigenvalue weighted by atomic mass is 9.84. The topological polar surface area (TPSA) is 39.7 Å². The normalized spacial score (nSPS) is 17.0. The molecule has 1 N–H and O–H groups in total. The number of rotatable bonds is 7. The Kier molecular flexibility index (Phi) is 7.41. The standard InChI is InChI=1S/C19H25NO3S.ClH/c1-20-12-14(17-5-4-10-24-17)11-13-8-9-23-18-15(13)6-7-16(21-2)19(18)22-3;/h4-7,10,13-14,20H,8-9,11-12H2,1-3H3;1H. The Morgan fingerprint density at radius 3 is 2.76 bits per heavy atom. The van der Waals surface area contributed by atoms with Gasteiger partial charge in [0.15, 0.2) is 11.5 Å². The lowest BCUT2D eigenvalue weighted by Crippen LogP contribution is -2.22. The molecule has 0 aliphatic carbocycles. The second-order valence-electron chi connectivity index (χ2n) is 6.06. The van der Waals surface area contributed by atoms with E-state index in [9.17, 15) is 0 Å². The molecule has 4 nitrogen and oxygen atoms in total. The Balaban J connectivity index is 0.00000225. The summed E-state index contributed by atoms with van der Waals surface area (Å²) in [6.45, 7) is 1.71. The van der Waals surface area contributed by atoms with Gasteiger partial charge in [-0.1, -0.05) is 12.1 Å². The molecule has 0 fully saturated rings. The average molecular weight is 384 g/mol. The van der Waals surface area contributed by atoms with Gasteiger partial charge in [0.25, 0.3) is 0 Å². The van der Waals surface area contributed by atoms with E-state index in [4.69, 9.17) is 14.2 Å². The molecule has 0 bridgehead atoms. The predicted molar refractivity (Wildman–Crippen MR) is 105 cm³/mol. The van der Waals surface area contributed by atoms with Gasteiger partial charge in [-0.3, -0.25) is 0 Å². The molecule has 0 saturated heterocycles. The van der Waals surface area contributed by atoms with Crippen LogP contribution < -0.4 is 19.5 Å². The van der Waals surface area contributed by atoms with Crippen LogP contribution in [-0.2, 0) is 0 Å². The maximum Gasteiger partial charge on any atom is 0.203 e. The van der Waals surface area contributed by atoms with Gasteiger partial charge in [0.1, 0.15) is 0 Å². The molecule has 138 valence electrons. The highest BCUT2D eigenvalue weighted by Crippen LogP contribution is 2.48. The molecular formula is C19H26ClNO3S. The molecule has 0 spiro atoms. The molecule has 1 aromatic heterocycles. The number of hydrogen-bond donors (Lipinski definition) is 1. The summed E-state index contributed by atoms with van der Waals surface area (Å²) in [4.78, 5) is 1.44. The van der Waals surface area contributed by atoms with E-state index < -0.39 is 0 Å². The van der Waals surface area contributed by atoms with Gasteiger partial charge >= 0.3 is 0 Å². The van der Waals surface area contributed by atoms with Gasteiger partial charge in [-0.05, 0) is 43.3 Å². The Hall–Kier alpha value is -1.43.